The van der Waals surface area contributed by atoms with Crippen molar-refractivity contribution in [1.29, 1.82) is 0 Å². The molecule has 0 radical (unpaired) electrons. The minimum absolute atomic E-state index is 0.0576. The molecule has 0 fully saturated rings. The number of hydrogen-bond donors (Lipinski definition) is 1. The van der Waals surface area contributed by atoms with Gasteiger partial charge in [0.2, 0.25) is 0 Å². The normalized spacial score (nSPS) is 14.1. The van der Waals surface area contributed by atoms with Crippen LogP contribution in [0, 0.1) is 0 Å². The van der Waals surface area contributed by atoms with E-state index in [0.717, 1.165) is 11.3 Å². The van der Waals surface area contributed by atoms with Gasteiger partial charge in [-0.2, -0.15) is 0 Å². The summed E-state index contributed by atoms with van der Waals surface area (Å²) in [4.78, 5) is 23.4. The van der Waals surface area contributed by atoms with E-state index in [-0.39, 0.29) is 18.9 Å². The SMILES string of the molecule is CN1C(=O)COc2cc(CCCC(=O)O)ccc21. The second-order valence-corrected chi connectivity index (χ2v) is 4.29. The van der Waals surface area contributed by atoms with Gasteiger partial charge in [0.15, 0.2) is 6.61 Å². The molecule has 0 bridgehead atoms. The van der Waals surface area contributed by atoms with E-state index in [1.807, 2.05) is 18.2 Å². The van der Waals surface area contributed by atoms with Gasteiger partial charge in [0.1, 0.15) is 5.75 Å². The second-order valence-electron chi connectivity index (χ2n) is 4.29. The maximum Gasteiger partial charge on any atom is 0.303 e. The molecule has 18 heavy (non-hydrogen) atoms. The van der Waals surface area contributed by atoms with Crippen molar-refractivity contribution in [2.24, 2.45) is 0 Å². The average Bonchev–Trinajstić information content (AvgIpc) is 2.33. The third-order valence-corrected chi connectivity index (χ3v) is 2.97. The van der Waals surface area contributed by atoms with E-state index in [0.29, 0.717) is 18.6 Å². The molecule has 0 aromatic heterocycles. The first-order valence-corrected chi connectivity index (χ1v) is 5.82. The lowest BCUT2D eigenvalue weighted by Gasteiger charge is -2.26. The Hall–Kier alpha value is -2.04. The van der Waals surface area contributed by atoms with Crippen molar-refractivity contribution < 1.29 is 19.4 Å². The molecule has 96 valence electrons. The van der Waals surface area contributed by atoms with Crippen molar-refractivity contribution in [3.8, 4) is 5.75 Å². The van der Waals surface area contributed by atoms with Crippen LogP contribution in [0.4, 0.5) is 5.69 Å². The number of carboxylic acid groups (broad SMARTS) is 1. The molecule has 1 amide bonds. The molecule has 1 aromatic rings. The van der Waals surface area contributed by atoms with E-state index in [9.17, 15) is 9.59 Å². The van der Waals surface area contributed by atoms with Gasteiger partial charge >= 0.3 is 5.97 Å². The molecule has 1 N–H and O–H groups in total. The summed E-state index contributed by atoms with van der Waals surface area (Å²) in [5, 5.41) is 8.58. The topological polar surface area (TPSA) is 66.8 Å². The number of likely N-dealkylation sites (N-methyl/N-ethyl adjacent to an activating group) is 1. The number of fused-ring (bicyclic) bond motifs is 1. The largest absolute Gasteiger partial charge is 0.482 e. The molecule has 0 saturated carbocycles. The van der Waals surface area contributed by atoms with Crippen molar-refractivity contribution >= 4 is 17.6 Å². The summed E-state index contributed by atoms with van der Waals surface area (Å²) in [6, 6.07) is 5.61. The Morgan fingerprint density at radius 1 is 1.50 bits per heavy atom. The number of aryl methyl sites for hydroxylation is 1. The molecule has 1 aliphatic rings. The molecule has 5 heteroatoms. The van der Waals surface area contributed by atoms with Crippen LogP contribution in [-0.4, -0.2) is 30.6 Å². The van der Waals surface area contributed by atoms with Crippen LogP contribution in [0.2, 0.25) is 0 Å². The third kappa shape index (κ3) is 2.61. The lowest BCUT2D eigenvalue weighted by molar-refractivity contribution is -0.137. The molecule has 0 aliphatic carbocycles. The Kier molecular flexibility index (Phi) is 3.50. The number of anilines is 1. The molecule has 1 heterocycles. The van der Waals surface area contributed by atoms with E-state index >= 15 is 0 Å². The van der Waals surface area contributed by atoms with Gasteiger partial charge in [-0.05, 0) is 30.5 Å². The molecular formula is C13H15NO4. The number of carbonyl (C=O) groups excluding carboxylic acids is 1. The van der Waals surface area contributed by atoms with E-state index < -0.39 is 5.97 Å². The zero-order valence-electron chi connectivity index (χ0n) is 10.2. The number of rotatable bonds is 4. The summed E-state index contributed by atoms with van der Waals surface area (Å²) in [5.41, 5.74) is 1.78. The Morgan fingerprint density at radius 3 is 3.00 bits per heavy atom. The number of carbonyl (C=O) groups is 2. The van der Waals surface area contributed by atoms with Gasteiger partial charge in [-0.15, -0.1) is 0 Å². The predicted octanol–water partition coefficient (Wildman–Crippen LogP) is 1.45. The summed E-state index contributed by atoms with van der Waals surface area (Å²) in [7, 11) is 1.72. The standard InChI is InChI=1S/C13H15NO4/c1-14-10-6-5-9(3-2-4-13(16)17)7-11(10)18-8-12(14)15/h5-7H,2-4,8H2,1H3,(H,16,17). The summed E-state index contributed by atoms with van der Waals surface area (Å²) >= 11 is 0. The van der Waals surface area contributed by atoms with Crippen molar-refractivity contribution in [1.82, 2.24) is 0 Å². The number of benzene rings is 1. The lowest BCUT2D eigenvalue weighted by atomic mass is 10.1. The smallest absolute Gasteiger partial charge is 0.303 e. The molecule has 0 saturated heterocycles. The number of amides is 1. The van der Waals surface area contributed by atoms with Crippen LogP contribution in [0.15, 0.2) is 18.2 Å². The van der Waals surface area contributed by atoms with Crippen LogP contribution in [0.25, 0.3) is 0 Å². The monoisotopic (exact) mass is 249 g/mol. The van der Waals surface area contributed by atoms with Gasteiger partial charge in [-0.3, -0.25) is 9.59 Å². The molecule has 0 unspecified atom stereocenters. The zero-order chi connectivity index (χ0) is 13.1. The van der Waals surface area contributed by atoms with E-state index in [1.54, 1.807) is 11.9 Å². The van der Waals surface area contributed by atoms with E-state index in [4.69, 9.17) is 9.84 Å². The van der Waals surface area contributed by atoms with Gasteiger partial charge in [0.05, 0.1) is 5.69 Å². The van der Waals surface area contributed by atoms with E-state index in [2.05, 4.69) is 0 Å². The van der Waals surface area contributed by atoms with Crippen LogP contribution < -0.4 is 9.64 Å². The van der Waals surface area contributed by atoms with Crippen LogP contribution in [0.1, 0.15) is 18.4 Å². The average molecular weight is 249 g/mol. The molecule has 1 aromatic carbocycles. The number of aliphatic carboxylic acids is 1. The second kappa shape index (κ2) is 5.08. The highest BCUT2D eigenvalue weighted by atomic mass is 16.5. The van der Waals surface area contributed by atoms with Crippen molar-refractivity contribution in [2.45, 2.75) is 19.3 Å². The van der Waals surface area contributed by atoms with Gasteiger partial charge in [0, 0.05) is 13.5 Å². The summed E-state index contributed by atoms with van der Waals surface area (Å²) in [6.07, 6.45) is 1.46. The Bertz CT molecular complexity index is 484. The minimum atomic E-state index is -0.783. The quantitative estimate of drug-likeness (QED) is 0.877. The number of ether oxygens (including phenoxy) is 1. The Labute approximate surface area is 105 Å². The van der Waals surface area contributed by atoms with E-state index in [1.165, 1.54) is 0 Å². The summed E-state index contributed by atoms with van der Waals surface area (Å²) in [6.45, 7) is 0.0576. The van der Waals surface area contributed by atoms with Crippen molar-refractivity contribution in [3.63, 3.8) is 0 Å². The fourth-order valence-electron chi connectivity index (χ4n) is 1.92. The number of nitrogens with zero attached hydrogens (tertiary/aromatic N) is 1. The first-order valence-electron chi connectivity index (χ1n) is 5.82. The zero-order valence-corrected chi connectivity index (χ0v) is 10.2. The molecule has 5 nitrogen and oxygen atoms in total. The molecule has 0 atom stereocenters. The summed E-state index contributed by atoms with van der Waals surface area (Å²) in [5.74, 6) is -0.166. The highest BCUT2D eigenvalue weighted by Crippen LogP contribution is 2.32. The van der Waals surface area contributed by atoms with Gasteiger partial charge in [-0.25, -0.2) is 0 Å². The highest BCUT2D eigenvalue weighted by Gasteiger charge is 2.21. The van der Waals surface area contributed by atoms with Crippen LogP contribution in [-0.2, 0) is 16.0 Å². The van der Waals surface area contributed by atoms with Crippen molar-refractivity contribution in [3.05, 3.63) is 23.8 Å². The van der Waals surface area contributed by atoms with Gasteiger partial charge < -0.3 is 14.7 Å². The fraction of sp³-hybridized carbons (Fsp3) is 0.385. The molecule has 0 spiro atoms. The predicted molar refractivity (Wildman–Crippen MR) is 65.9 cm³/mol. The Morgan fingerprint density at radius 2 is 2.28 bits per heavy atom. The van der Waals surface area contributed by atoms with Crippen molar-refractivity contribution in [2.75, 3.05) is 18.6 Å². The summed E-state index contributed by atoms with van der Waals surface area (Å²) < 4.78 is 5.37. The first kappa shape index (κ1) is 12.4. The maximum absolute atomic E-state index is 11.4. The number of hydrogen-bond acceptors (Lipinski definition) is 3. The first-order chi connectivity index (χ1) is 8.58. The third-order valence-electron chi connectivity index (χ3n) is 2.97. The Balaban J connectivity index is 2.08. The van der Waals surface area contributed by atoms with Crippen LogP contribution in [0.5, 0.6) is 5.75 Å². The maximum atomic E-state index is 11.4. The van der Waals surface area contributed by atoms with Crippen LogP contribution >= 0.6 is 0 Å². The molecule has 1 aliphatic heterocycles. The molecular weight excluding hydrogens is 234 g/mol. The van der Waals surface area contributed by atoms with Gasteiger partial charge in [-0.1, -0.05) is 6.07 Å². The highest BCUT2D eigenvalue weighted by molar-refractivity contribution is 5.97. The fourth-order valence-corrected chi connectivity index (χ4v) is 1.92. The van der Waals surface area contributed by atoms with Gasteiger partial charge in [0.25, 0.3) is 5.91 Å². The number of carboxylic acids is 1. The lowest BCUT2D eigenvalue weighted by Crippen LogP contribution is -2.35. The van der Waals surface area contributed by atoms with Crippen LogP contribution in [0.3, 0.4) is 0 Å². The minimum Gasteiger partial charge on any atom is -0.482 e. The molecule has 2 rings (SSSR count).